The van der Waals surface area contributed by atoms with Gasteiger partial charge in [-0.3, -0.25) is 19.9 Å². The monoisotopic (exact) mass is 427 g/mol. The molecule has 2 heterocycles. The number of fused-ring (bicyclic) bond motifs is 1. The first kappa shape index (κ1) is 19.1. The Bertz CT molecular complexity index is 1310. The second-order valence-corrected chi connectivity index (χ2v) is 9.17. The molecule has 148 valence electrons. The quantitative estimate of drug-likeness (QED) is 0.450. The van der Waals surface area contributed by atoms with Crippen LogP contribution in [0.1, 0.15) is 16.1 Å². The topological polar surface area (TPSA) is 117 Å². The number of H-pyrrole nitrogens is 1. The van der Waals surface area contributed by atoms with Crippen molar-refractivity contribution in [3.63, 3.8) is 0 Å². The number of hydrogen-bond acceptors (Lipinski definition) is 6. The molecule has 2 aromatic heterocycles. The zero-order chi connectivity index (χ0) is 20.6. The van der Waals surface area contributed by atoms with E-state index in [1.807, 2.05) is 30.5 Å². The molecule has 4 aromatic rings. The first-order valence-corrected chi connectivity index (χ1v) is 11.4. The summed E-state index contributed by atoms with van der Waals surface area (Å²) in [4.78, 5) is 17.1. The molecule has 0 unspecified atom stereocenters. The molecule has 0 radical (unpaired) electrons. The summed E-state index contributed by atoms with van der Waals surface area (Å²) in [5.41, 5.74) is 4.11. The van der Waals surface area contributed by atoms with Crippen LogP contribution in [-0.4, -0.2) is 35.8 Å². The minimum absolute atomic E-state index is 0.316. The van der Waals surface area contributed by atoms with Crippen molar-refractivity contribution in [2.75, 3.05) is 16.3 Å². The first-order chi connectivity index (χ1) is 13.8. The van der Waals surface area contributed by atoms with Crippen molar-refractivity contribution in [2.24, 2.45) is 0 Å². The normalized spacial score (nSPS) is 11.5. The summed E-state index contributed by atoms with van der Waals surface area (Å²) in [6.07, 6.45) is 1.10. The molecule has 0 aliphatic carbocycles. The number of aryl methyl sites for hydroxylation is 1. The predicted octanol–water partition coefficient (Wildman–Crippen LogP) is 3.62. The van der Waals surface area contributed by atoms with Crippen LogP contribution in [0.15, 0.2) is 47.8 Å². The third-order valence-corrected chi connectivity index (χ3v) is 5.51. The predicted molar refractivity (Wildman–Crippen MR) is 115 cm³/mol. The molecule has 2 aromatic carbocycles. The molecule has 4 rings (SSSR count). The molecule has 0 bridgehead atoms. The van der Waals surface area contributed by atoms with E-state index in [-0.39, 0.29) is 5.91 Å². The fraction of sp³-hybridized carbons (Fsp3) is 0.105. The molecule has 0 aliphatic heterocycles. The highest BCUT2D eigenvalue weighted by molar-refractivity contribution is 7.92. The van der Waals surface area contributed by atoms with Gasteiger partial charge in [0.05, 0.1) is 17.5 Å². The zero-order valence-corrected chi connectivity index (χ0v) is 17.2. The smallest absolute Gasteiger partial charge is 0.278 e. The number of nitrogens with zero attached hydrogens (tertiary/aromatic N) is 2. The highest BCUT2D eigenvalue weighted by atomic mass is 32.2. The van der Waals surface area contributed by atoms with Gasteiger partial charge in [-0.05, 0) is 31.2 Å². The number of anilines is 2. The van der Waals surface area contributed by atoms with Gasteiger partial charge < -0.3 is 0 Å². The Kier molecular flexibility index (Phi) is 4.81. The van der Waals surface area contributed by atoms with Gasteiger partial charge in [0.1, 0.15) is 0 Å². The van der Waals surface area contributed by atoms with Crippen LogP contribution in [0.4, 0.5) is 10.8 Å². The Labute approximate surface area is 171 Å². The van der Waals surface area contributed by atoms with Crippen LogP contribution >= 0.6 is 11.3 Å². The van der Waals surface area contributed by atoms with Gasteiger partial charge in [-0.25, -0.2) is 13.4 Å². The molecule has 0 fully saturated rings. The molecule has 8 nitrogen and oxygen atoms in total. The number of amides is 1. The number of rotatable bonds is 5. The van der Waals surface area contributed by atoms with Gasteiger partial charge in [0.2, 0.25) is 10.0 Å². The van der Waals surface area contributed by atoms with E-state index in [1.54, 1.807) is 24.3 Å². The van der Waals surface area contributed by atoms with Crippen LogP contribution in [0.3, 0.4) is 0 Å². The lowest BCUT2D eigenvalue weighted by Crippen LogP contribution is -2.12. The van der Waals surface area contributed by atoms with E-state index in [2.05, 4.69) is 25.2 Å². The molecule has 10 heteroatoms. The maximum atomic E-state index is 12.6. The molecule has 0 spiro atoms. The van der Waals surface area contributed by atoms with E-state index in [0.717, 1.165) is 28.3 Å². The lowest BCUT2D eigenvalue weighted by atomic mass is 10.1. The van der Waals surface area contributed by atoms with E-state index < -0.39 is 10.0 Å². The molecule has 0 saturated carbocycles. The maximum Gasteiger partial charge on any atom is 0.278 e. The number of aromatic amines is 1. The van der Waals surface area contributed by atoms with Gasteiger partial charge in [-0.1, -0.05) is 23.8 Å². The van der Waals surface area contributed by atoms with Crippen molar-refractivity contribution in [1.29, 1.82) is 0 Å². The fourth-order valence-electron chi connectivity index (χ4n) is 2.84. The Hall–Kier alpha value is -3.24. The molecule has 0 aliphatic rings. The van der Waals surface area contributed by atoms with Gasteiger partial charge in [0.15, 0.2) is 10.8 Å². The van der Waals surface area contributed by atoms with Crippen LogP contribution in [0, 0.1) is 6.92 Å². The summed E-state index contributed by atoms with van der Waals surface area (Å²) in [6, 6.07) is 12.6. The number of benzene rings is 2. The summed E-state index contributed by atoms with van der Waals surface area (Å²) < 4.78 is 25.0. The first-order valence-electron chi connectivity index (χ1n) is 8.58. The van der Waals surface area contributed by atoms with E-state index in [1.165, 1.54) is 11.3 Å². The SMILES string of the molecule is Cc1ccc2[nH]nc(C(=O)Nc3nc(-c4ccc(NS(C)(=O)=O)cc4)cs3)c2c1. The number of sulfonamides is 1. The van der Waals surface area contributed by atoms with E-state index in [9.17, 15) is 13.2 Å². The molecule has 1 amide bonds. The van der Waals surface area contributed by atoms with E-state index >= 15 is 0 Å². The molecule has 29 heavy (non-hydrogen) atoms. The summed E-state index contributed by atoms with van der Waals surface area (Å²) >= 11 is 1.30. The van der Waals surface area contributed by atoms with Crippen molar-refractivity contribution in [3.8, 4) is 11.3 Å². The Balaban J connectivity index is 1.51. The number of nitrogens with one attached hydrogen (secondary N) is 3. The molecular weight excluding hydrogens is 410 g/mol. The molecule has 0 saturated heterocycles. The van der Waals surface area contributed by atoms with E-state index in [0.29, 0.717) is 22.2 Å². The van der Waals surface area contributed by atoms with E-state index in [4.69, 9.17) is 0 Å². The van der Waals surface area contributed by atoms with Crippen molar-refractivity contribution >= 4 is 49.0 Å². The van der Waals surface area contributed by atoms with Crippen LogP contribution in [0.25, 0.3) is 22.2 Å². The van der Waals surface area contributed by atoms with Gasteiger partial charge in [0.25, 0.3) is 5.91 Å². The van der Waals surface area contributed by atoms with Crippen LogP contribution in [0.2, 0.25) is 0 Å². The standard InChI is InChI=1S/C19H17N5O3S2/c1-11-3-8-15-14(9-11)17(23-22-15)18(25)21-19-20-16(10-28-19)12-4-6-13(7-5-12)24-29(2,26)27/h3-10,24H,1-2H3,(H,22,23)(H,20,21,25). The largest absolute Gasteiger partial charge is 0.296 e. The number of carbonyl (C=O) groups is 1. The Morgan fingerprint density at radius 3 is 2.62 bits per heavy atom. The van der Waals surface area contributed by atoms with Crippen molar-refractivity contribution in [1.82, 2.24) is 15.2 Å². The lowest BCUT2D eigenvalue weighted by molar-refractivity contribution is 0.102. The molecule has 3 N–H and O–H groups in total. The second kappa shape index (κ2) is 7.30. The van der Waals surface area contributed by atoms with Crippen LogP contribution in [0.5, 0.6) is 0 Å². The number of carbonyl (C=O) groups excluding carboxylic acids is 1. The highest BCUT2D eigenvalue weighted by Crippen LogP contribution is 2.27. The number of hydrogen-bond donors (Lipinski definition) is 3. The number of thiazole rings is 1. The number of aromatic nitrogens is 3. The van der Waals surface area contributed by atoms with Gasteiger partial charge in [-0.15, -0.1) is 11.3 Å². The van der Waals surface area contributed by atoms with Crippen molar-refractivity contribution in [2.45, 2.75) is 6.92 Å². The second-order valence-electron chi connectivity index (χ2n) is 6.56. The van der Waals surface area contributed by atoms with Gasteiger partial charge >= 0.3 is 0 Å². The maximum absolute atomic E-state index is 12.6. The van der Waals surface area contributed by atoms with Crippen LogP contribution in [-0.2, 0) is 10.0 Å². The minimum Gasteiger partial charge on any atom is -0.296 e. The van der Waals surface area contributed by atoms with Gasteiger partial charge in [-0.2, -0.15) is 5.10 Å². The summed E-state index contributed by atoms with van der Waals surface area (Å²) in [5, 5.41) is 12.8. The third kappa shape index (κ3) is 4.28. The zero-order valence-electron chi connectivity index (χ0n) is 15.6. The summed E-state index contributed by atoms with van der Waals surface area (Å²) in [7, 11) is -3.32. The minimum atomic E-state index is -3.32. The summed E-state index contributed by atoms with van der Waals surface area (Å²) in [6.45, 7) is 1.96. The lowest BCUT2D eigenvalue weighted by Gasteiger charge is -2.04. The van der Waals surface area contributed by atoms with Crippen LogP contribution < -0.4 is 10.0 Å². The summed E-state index contributed by atoms with van der Waals surface area (Å²) in [5.74, 6) is -0.338. The fourth-order valence-corrected chi connectivity index (χ4v) is 4.12. The highest BCUT2D eigenvalue weighted by Gasteiger charge is 2.16. The molecular formula is C19H17N5O3S2. The molecule has 0 atom stereocenters. The Morgan fingerprint density at radius 1 is 1.14 bits per heavy atom. The van der Waals surface area contributed by atoms with Crippen molar-refractivity contribution < 1.29 is 13.2 Å². The average molecular weight is 428 g/mol. The Morgan fingerprint density at radius 2 is 1.90 bits per heavy atom. The average Bonchev–Trinajstić information content (AvgIpc) is 3.27. The van der Waals surface area contributed by atoms with Crippen molar-refractivity contribution in [3.05, 3.63) is 59.1 Å². The van der Waals surface area contributed by atoms with Gasteiger partial charge in [0, 0.05) is 22.0 Å². The third-order valence-electron chi connectivity index (χ3n) is 4.14.